The molecule has 11 aromatic carbocycles. The topological polar surface area (TPSA) is 35.6 Å². The van der Waals surface area contributed by atoms with Crippen molar-refractivity contribution in [1.82, 2.24) is 19.1 Å². The third kappa shape index (κ3) is 8.45. The number of nitrogens with zero attached hydrogens (tertiary/aromatic N) is 4. The number of fused-ring (bicyclic) bond motifs is 6. The highest BCUT2D eigenvalue weighted by Gasteiger charge is 2.22. The summed E-state index contributed by atoms with van der Waals surface area (Å²) in [6.45, 7) is 8.58. The Balaban J connectivity index is 1.07. The van der Waals surface area contributed by atoms with Crippen LogP contribution in [0.1, 0.15) is 22.3 Å². The van der Waals surface area contributed by atoms with E-state index in [0.717, 1.165) is 61.5 Å². The summed E-state index contributed by atoms with van der Waals surface area (Å²) in [4.78, 5) is 10.9. The molecule has 0 amide bonds. The third-order valence-electron chi connectivity index (χ3n) is 15.6. The van der Waals surface area contributed by atoms with E-state index in [4.69, 9.17) is 9.97 Å². The summed E-state index contributed by atoms with van der Waals surface area (Å²) in [6, 6.07) is 93.3. The van der Waals surface area contributed by atoms with Gasteiger partial charge in [0.25, 0.3) is 0 Å². The summed E-state index contributed by atoms with van der Waals surface area (Å²) < 4.78 is 4.90. The first-order valence-corrected chi connectivity index (χ1v) is 26.9. The van der Waals surface area contributed by atoms with Gasteiger partial charge in [0.05, 0.1) is 33.5 Å². The van der Waals surface area contributed by atoms with Crippen LogP contribution in [0.5, 0.6) is 0 Å². The van der Waals surface area contributed by atoms with E-state index < -0.39 is 0 Å². The normalized spacial score (nSPS) is 11.6. The monoisotopic (exact) mass is 998 g/mol. The molecule has 0 aliphatic rings. The van der Waals surface area contributed by atoms with Crippen LogP contribution in [0.25, 0.3) is 133 Å². The highest BCUT2D eigenvalue weighted by molar-refractivity contribution is 6.13. The molecule has 0 fully saturated rings. The van der Waals surface area contributed by atoms with Crippen molar-refractivity contribution in [2.75, 3.05) is 0 Å². The van der Waals surface area contributed by atoms with Crippen LogP contribution in [0.15, 0.2) is 255 Å². The summed E-state index contributed by atoms with van der Waals surface area (Å²) in [5, 5.41) is 4.73. The molecule has 0 radical (unpaired) electrons. The molecule has 370 valence electrons. The SMILES string of the molecule is Cc1ccc(-c2ccc3c(c2)c2cc(-c4ccc(C)cc4)ccc2n3-c2cc(-c3nc(-c4ccccc4)cc(-c4ccccc4)n3)cc(-n3c4ccc(-c5ccc(C)cc5)cc4c4cc(-c5ccc(C)cc5)ccc43)c2)cc1. The Morgan fingerprint density at radius 2 is 0.513 bits per heavy atom. The second-order valence-corrected chi connectivity index (χ2v) is 21.0. The van der Waals surface area contributed by atoms with Gasteiger partial charge < -0.3 is 9.13 Å². The molecule has 0 bridgehead atoms. The zero-order chi connectivity index (χ0) is 52.4. The molecule has 4 nitrogen and oxygen atoms in total. The van der Waals surface area contributed by atoms with Crippen molar-refractivity contribution in [3.8, 4) is 89.8 Å². The molecule has 3 aromatic heterocycles. The molecule has 0 spiro atoms. The van der Waals surface area contributed by atoms with E-state index in [0.29, 0.717) is 5.82 Å². The number of benzene rings is 11. The molecule has 0 atom stereocenters. The van der Waals surface area contributed by atoms with E-state index >= 15 is 0 Å². The van der Waals surface area contributed by atoms with Crippen molar-refractivity contribution in [1.29, 1.82) is 0 Å². The molecule has 14 rings (SSSR count). The minimum Gasteiger partial charge on any atom is -0.309 e. The van der Waals surface area contributed by atoms with Crippen LogP contribution in [-0.2, 0) is 0 Å². The number of hydrogen-bond acceptors (Lipinski definition) is 2. The van der Waals surface area contributed by atoms with Crippen LogP contribution in [0, 0.1) is 27.7 Å². The van der Waals surface area contributed by atoms with Gasteiger partial charge in [0, 0.05) is 49.6 Å². The maximum atomic E-state index is 5.47. The van der Waals surface area contributed by atoms with Gasteiger partial charge in [-0.05, 0) is 145 Å². The van der Waals surface area contributed by atoms with Gasteiger partial charge in [-0.25, -0.2) is 9.97 Å². The highest BCUT2D eigenvalue weighted by Crippen LogP contribution is 2.42. The van der Waals surface area contributed by atoms with Crippen molar-refractivity contribution in [3.63, 3.8) is 0 Å². The van der Waals surface area contributed by atoms with Crippen LogP contribution in [0.2, 0.25) is 0 Å². The Bertz CT molecular complexity index is 4090. The Morgan fingerprint density at radius 3 is 0.808 bits per heavy atom. The summed E-state index contributed by atoms with van der Waals surface area (Å²) in [5.41, 5.74) is 25.6. The molecule has 78 heavy (non-hydrogen) atoms. The van der Waals surface area contributed by atoms with Crippen molar-refractivity contribution in [3.05, 3.63) is 277 Å². The molecule has 0 aliphatic carbocycles. The maximum absolute atomic E-state index is 5.47. The van der Waals surface area contributed by atoms with Gasteiger partial charge in [-0.1, -0.05) is 204 Å². The first-order chi connectivity index (χ1) is 38.2. The molecule has 14 aromatic rings. The average Bonchev–Trinajstić information content (AvgIpc) is 4.11. The summed E-state index contributed by atoms with van der Waals surface area (Å²) in [6.07, 6.45) is 0. The number of aryl methyl sites for hydroxylation is 4. The third-order valence-corrected chi connectivity index (χ3v) is 15.6. The molecule has 0 saturated carbocycles. The molecular weight excluding hydrogens is 945 g/mol. The largest absolute Gasteiger partial charge is 0.309 e. The van der Waals surface area contributed by atoms with Gasteiger partial charge in [0.1, 0.15) is 0 Å². The van der Waals surface area contributed by atoms with Gasteiger partial charge in [-0.2, -0.15) is 0 Å². The summed E-state index contributed by atoms with van der Waals surface area (Å²) in [7, 11) is 0. The summed E-state index contributed by atoms with van der Waals surface area (Å²) in [5.74, 6) is 0.645. The predicted molar refractivity (Wildman–Crippen MR) is 328 cm³/mol. The van der Waals surface area contributed by atoms with Crippen LogP contribution < -0.4 is 0 Å². The lowest BCUT2D eigenvalue weighted by Crippen LogP contribution is -2.02. The fourth-order valence-electron chi connectivity index (χ4n) is 11.4. The van der Waals surface area contributed by atoms with Crippen molar-refractivity contribution >= 4 is 43.6 Å². The minimum absolute atomic E-state index is 0.645. The predicted octanol–water partition coefficient (Wildman–Crippen LogP) is 19.6. The molecule has 0 unspecified atom stereocenters. The quantitative estimate of drug-likeness (QED) is 0.144. The van der Waals surface area contributed by atoms with Crippen molar-refractivity contribution in [2.24, 2.45) is 0 Å². The van der Waals surface area contributed by atoms with Crippen LogP contribution in [0.4, 0.5) is 0 Å². The first-order valence-electron chi connectivity index (χ1n) is 26.9. The highest BCUT2D eigenvalue weighted by atomic mass is 15.0. The smallest absolute Gasteiger partial charge is 0.160 e. The van der Waals surface area contributed by atoms with Gasteiger partial charge in [0.15, 0.2) is 5.82 Å². The Hall–Kier alpha value is -9.90. The number of rotatable bonds is 9. The molecular formula is C74H54N4. The van der Waals surface area contributed by atoms with Crippen LogP contribution in [0.3, 0.4) is 0 Å². The lowest BCUT2D eigenvalue weighted by molar-refractivity contribution is 1.12. The van der Waals surface area contributed by atoms with E-state index in [1.54, 1.807) is 0 Å². The Labute approximate surface area is 454 Å². The zero-order valence-corrected chi connectivity index (χ0v) is 44.0. The molecule has 0 N–H and O–H groups in total. The van der Waals surface area contributed by atoms with Crippen molar-refractivity contribution < 1.29 is 0 Å². The van der Waals surface area contributed by atoms with E-state index in [1.807, 2.05) is 0 Å². The Morgan fingerprint density at radius 1 is 0.231 bits per heavy atom. The molecule has 4 heteroatoms. The van der Waals surface area contributed by atoms with Crippen molar-refractivity contribution in [2.45, 2.75) is 27.7 Å². The minimum atomic E-state index is 0.645. The summed E-state index contributed by atoms with van der Waals surface area (Å²) >= 11 is 0. The molecule has 0 saturated heterocycles. The average molecular weight is 999 g/mol. The fraction of sp³-hybridized carbons (Fsp3) is 0.0541. The van der Waals surface area contributed by atoms with E-state index in [-0.39, 0.29) is 0 Å². The van der Waals surface area contributed by atoms with Gasteiger partial charge in [-0.15, -0.1) is 0 Å². The lowest BCUT2D eigenvalue weighted by atomic mass is 9.99. The zero-order valence-electron chi connectivity index (χ0n) is 44.0. The number of aromatic nitrogens is 4. The second kappa shape index (κ2) is 19.0. The maximum Gasteiger partial charge on any atom is 0.160 e. The van der Waals surface area contributed by atoms with Gasteiger partial charge in [0.2, 0.25) is 0 Å². The van der Waals surface area contributed by atoms with Gasteiger partial charge in [-0.3, -0.25) is 0 Å². The Kier molecular flexibility index (Phi) is 11.4. The van der Waals surface area contributed by atoms with E-state index in [9.17, 15) is 0 Å². The second-order valence-electron chi connectivity index (χ2n) is 21.0. The van der Waals surface area contributed by atoms with E-state index in [2.05, 4.69) is 292 Å². The lowest BCUT2D eigenvalue weighted by Gasteiger charge is -2.16. The molecule has 0 aliphatic heterocycles. The standard InChI is InChI=1S/C74H54N4/c1-47-15-23-51(24-16-47)57-31-35-70-64(41-57)65-42-58(52-25-17-48(2)18-26-52)32-36-71(65)77(70)62-39-61(74-75-68(55-11-7-5-8-12-55)46-69(76-74)56-13-9-6-10-14-56)40-63(45-62)78-72-37-33-59(53-27-19-49(3)20-28-53)43-66(72)67-44-60(34-38-73(67)78)54-29-21-50(4)22-30-54/h5-46H,1-4H3. The van der Waals surface area contributed by atoms with E-state index in [1.165, 1.54) is 88.3 Å². The van der Waals surface area contributed by atoms with Gasteiger partial charge >= 0.3 is 0 Å². The van der Waals surface area contributed by atoms with Crippen LogP contribution >= 0.6 is 0 Å². The molecule has 3 heterocycles. The van der Waals surface area contributed by atoms with Crippen LogP contribution in [-0.4, -0.2) is 19.1 Å². The fourth-order valence-corrected chi connectivity index (χ4v) is 11.4. The first kappa shape index (κ1) is 46.6. The number of hydrogen-bond donors (Lipinski definition) is 0.